The molecule has 140 valence electrons. The van der Waals surface area contributed by atoms with Gasteiger partial charge in [-0.3, -0.25) is 4.79 Å². The van der Waals surface area contributed by atoms with Crippen molar-refractivity contribution in [2.75, 3.05) is 12.4 Å². The van der Waals surface area contributed by atoms with Crippen molar-refractivity contribution >= 4 is 17.7 Å². The maximum absolute atomic E-state index is 12.0. The number of unbranched alkanes of at least 4 members (excludes halogenated alkanes) is 1. The number of esters is 1. The van der Waals surface area contributed by atoms with E-state index < -0.39 is 0 Å². The van der Waals surface area contributed by atoms with E-state index in [1.165, 1.54) is 44.1 Å². The van der Waals surface area contributed by atoms with Crippen LogP contribution in [0.4, 0.5) is 0 Å². The van der Waals surface area contributed by atoms with Crippen LogP contribution >= 0.6 is 11.8 Å². The van der Waals surface area contributed by atoms with Crippen LogP contribution in [0.5, 0.6) is 0 Å². The summed E-state index contributed by atoms with van der Waals surface area (Å²) in [5.74, 6) is 2.11. The van der Waals surface area contributed by atoms with Gasteiger partial charge < -0.3 is 4.74 Å². The first-order valence-corrected chi connectivity index (χ1v) is 10.8. The van der Waals surface area contributed by atoms with Gasteiger partial charge in [-0.25, -0.2) is 0 Å². The van der Waals surface area contributed by atoms with Crippen molar-refractivity contribution < 1.29 is 9.53 Å². The molecular weight excluding hydrogens is 316 g/mol. The molecule has 2 nitrogen and oxygen atoms in total. The fourth-order valence-corrected chi connectivity index (χ4v) is 4.54. The largest absolute Gasteiger partial charge is 0.465 e. The molecule has 0 N–H and O–H groups in total. The Bertz CT molecular complexity index is 401. The summed E-state index contributed by atoms with van der Waals surface area (Å²) in [6.07, 6.45) is 11.4. The molecule has 3 heteroatoms. The van der Waals surface area contributed by atoms with Crippen molar-refractivity contribution in [2.45, 2.75) is 90.7 Å². The van der Waals surface area contributed by atoms with Crippen LogP contribution in [0.25, 0.3) is 0 Å². The highest BCUT2D eigenvalue weighted by Crippen LogP contribution is 2.40. The van der Waals surface area contributed by atoms with Crippen LogP contribution in [0.15, 0.2) is 11.6 Å². The lowest BCUT2D eigenvalue weighted by atomic mass is 9.82. The molecule has 0 amide bonds. The molecule has 0 spiro atoms. The van der Waals surface area contributed by atoms with E-state index in [9.17, 15) is 4.79 Å². The molecular formula is C21H38O2S. The summed E-state index contributed by atoms with van der Waals surface area (Å²) in [5.41, 5.74) is 1.53. The van der Waals surface area contributed by atoms with Gasteiger partial charge in [-0.1, -0.05) is 58.6 Å². The molecule has 24 heavy (non-hydrogen) atoms. The first kappa shape index (κ1) is 21.6. The maximum atomic E-state index is 12.0. The smallest absolute Gasteiger partial charge is 0.306 e. The standard InChI is InChI=1S/C21H38O2S/c1-6-8-9-18(7-2)16-23-20(22)14-15-24-21(4,5)19-12-10-17(3)11-13-19/h10,18-19H,6-9,11-16H2,1-5H3. The predicted octanol–water partition coefficient (Wildman–Crippen LogP) is 6.39. The molecule has 0 heterocycles. The van der Waals surface area contributed by atoms with Gasteiger partial charge in [-0.05, 0) is 44.4 Å². The van der Waals surface area contributed by atoms with E-state index in [1.807, 2.05) is 11.8 Å². The van der Waals surface area contributed by atoms with E-state index in [0.29, 0.717) is 18.9 Å². The van der Waals surface area contributed by atoms with Crippen LogP contribution in [0.1, 0.15) is 86.0 Å². The number of hydrogen-bond acceptors (Lipinski definition) is 3. The van der Waals surface area contributed by atoms with Gasteiger partial charge in [0.05, 0.1) is 13.0 Å². The summed E-state index contributed by atoms with van der Waals surface area (Å²) in [6, 6.07) is 0. The Hall–Kier alpha value is -0.440. The summed E-state index contributed by atoms with van der Waals surface area (Å²) < 4.78 is 5.75. The summed E-state index contributed by atoms with van der Waals surface area (Å²) in [6.45, 7) is 11.9. The quantitative estimate of drug-likeness (QED) is 0.317. The van der Waals surface area contributed by atoms with Crippen LogP contribution in [-0.4, -0.2) is 23.1 Å². The van der Waals surface area contributed by atoms with Gasteiger partial charge in [-0.2, -0.15) is 11.8 Å². The van der Waals surface area contributed by atoms with Crippen LogP contribution in [0.2, 0.25) is 0 Å². The number of hydrogen-bond donors (Lipinski definition) is 0. The molecule has 0 radical (unpaired) electrons. The second kappa shape index (κ2) is 11.2. The van der Waals surface area contributed by atoms with Gasteiger partial charge >= 0.3 is 5.97 Å². The third-order valence-corrected chi connectivity index (χ3v) is 6.91. The van der Waals surface area contributed by atoms with Crippen LogP contribution in [0.3, 0.4) is 0 Å². The Morgan fingerprint density at radius 1 is 1.42 bits per heavy atom. The number of carbonyl (C=O) groups excluding carboxylic acids is 1. The Morgan fingerprint density at radius 2 is 2.17 bits per heavy atom. The Labute approximate surface area is 154 Å². The predicted molar refractivity (Wildman–Crippen MR) is 107 cm³/mol. The summed E-state index contributed by atoms with van der Waals surface area (Å²) in [7, 11) is 0. The molecule has 1 aliphatic carbocycles. The highest BCUT2D eigenvalue weighted by Gasteiger charge is 2.30. The fraction of sp³-hybridized carbons (Fsp3) is 0.857. The topological polar surface area (TPSA) is 26.3 Å². The van der Waals surface area contributed by atoms with Crippen molar-refractivity contribution in [1.29, 1.82) is 0 Å². The summed E-state index contributed by atoms with van der Waals surface area (Å²) in [4.78, 5) is 12.0. The zero-order valence-corrected chi connectivity index (χ0v) is 17.3. The lowest BCUT2D eigenvalue weighted by Gasteiger charge is -2.35. The highest BCUT2D eigenvalue weighted by atomic mass is 32.2. The second-order valence-corrected chi connectivity index (χ2v) is 9.57. The molecule has 0 bridgehead atoms. The minimum absolute atomic E-state index is 0.0207. The van der Waals surface area contributed by atoms with E-state index >= 15 is 0 Å². The molecule has 0 aromatic carbocycles. The Balaban J connectivity index is 2.24. The van der Waals surface area contributed by atoms with E-state index in [4.69, 9.17) is 4.74 Å². The van der Waals surface area contributed by atoms with Gasteiger partial charge in [0.2, 0.25) is 0 Å². The highest BCUT2D eigenvalue weighted by molar-refractivity contribution is 8.00. The SMILES string of the molecule is CCCCC(CC)COC(=O)CCSC(C)(C)C1CC=C(C)CC1. The third-order valence-electron chi connectivity index (χ3n) is 5.42. The molecule has 0 aromatic rings. The van der Waals surface area contributed by atoms with Gasteiger partial charge in [0.15, 0.2) is 0 Å². The minimum Gasteiger partial charge on any atom is -0.465 e. The number of rotatable bonds is 11. The third kappa shape index (κ3) is 8.09. The molecule has 2 unspecified atom stereocenters. The zero-order valence-electron chi connectivity index (χ0n) is 16.5. The normalized spacial score (nSPS) is 19.7. The Kier molecular flexibility index (Phi) is 10.1. The van der Waals surface area contributed by atoms with Crippen molar-refractivity contribution in [3.8, 4) is 0 Å². The molecule has 0 aromatic heterocycles. The molecule has 0 fully saturated rings. The van der Waals surface area contributed by atoms with Crippen LogP contribution in [-0.2, 0) is 9.53 Å². The molecule has 0 saturated heterocycles. The molecule has 2 atom stereocenters. The van der Waals surface area contributed by atoms with Crippen molar-refractivity contribution in [1.82, 2.24) is 0 Å². The Morgan fingerprint density at radius 3 is 2.75 bits per heavy atom. The van der Waals surface area contributed by atoms with Gasteiger partial charge in [-0.15, -0.1) is 0 Å². The maximum Gasteiger partial charge on any atom is 0.306 e. The average Bonchev–Trinajstić information content (AvgIpc) is 2.55. The zero-order chi connectivity index (χ0) is 18.0. The van der Waals surface area contributed by atoms with Gasteiger partial charge in [0.1, 0.15) is 0 Å². The summed E-state index contributed by atoms with van der Waals surface area (Å²) in [5, 5.41) is 0. The van der Waals surface area contributed by atoms with Gasteiger partial charge in [0.25, 0.3) is 0 Å². The number of allylic oxidation sites excluding steroid dienone is 2. The van der Waals surface area contributed by atoms with E-state index in [2.05, 4.69) is 40.7 Å². The number of ether oxygens (including phenoxy) is 1. The molecule has 1 rings (SSSR count). The first-order chi connectivity index (χ1) is 11.4. The number of carbonyl (C=O) groups is 1. The van der Waals surface area contributed by atoms with Crippen molar-refractivity contribution in [2.24, 2.45) is 11.8 Å². The van der Waals surface area contributed by atoms with E-state index in [0.717, 1.165) is 18.1 Å². The van der Waals surface area contributed by atoms with Crippen LogP contribution < -0.4 is 0 Å². The fourth-order valence-electron chi connectivity index (χ4n) is 3.29. The van der Waals surface area contributed by atoms with Crippen molar-refractivity contribution in [3.05, 3.63) is 11.6 Å². The van der Waals surface area contributed by atoms with Gasteiger partial charge in [0, 0.05) is 10.5 Å². The molecule has 1 aliphatic rings. The molecule has 0 saturated carbocycles. The lowest BCUT2D eigenvalue weighted by molar-refractivity contribution is -0.144. The monoisotopic (exact) mass is 354 g/mol. The molecule has 0 aliphatic heterocycles. The van der Waals surface area contributed by atoms with E-state index in [1.54, 1.807) is 0 Å². The van der Waals surface area contributed by atoms with Crippen LogP contribution in [0, 0.1) is 11.8 Å². The second-order valence-electron chi connectivity index (χ2n) is 7.82. The van der Waals surface area contributed by atoms with E-state index in [-0.39, 0.29) is 10.7 Å². The first-order valence-electron chi connectivity index (χ1n) is 9.84. The average molecular weight is 355 g/mol. The summed E-state index contributed by atoms with van der Waals surface area (Å²) >= 11 is 1.94. The van der Waals surface area contributed by atoms with Crippen molar-refractivity contribution in [3.63, 3.8) is 0 Å². The lowest BCUT2D eigenvalue weighted by Crippen LogP contribution is -2.29. The minimum atomic E-state index is -0.0207. The number of thioether (sulfide) groups is 1.